The van der Waals surface area contributed by atoms with Crippen molar-refractivity contribution in [3.8, 4) is 11.5 Å². The van der Waals surface area contributed by atoms with E-state index in [2.05, 4.69) is 17.6 Å². The molecule has 106 valence electrons. The highest BCUT2D eigenvalue weighted by Gasteiger charge is 2.12. The van der Waals surface area contributed by atoms with E-state index in [0.717, 1.165) is 19.5 Å². The van der Waals surface area contributed by atoms with Gasteiger partial charge in [-0.2, -0.15) is 0 Å². The van der Waals surface area contributed by atoms with Crippen LogP contribution in [0.15, 0.2) is 18.2 Å². The second kappa shape index (κ2) is 8.37. The normalized spacial score (nSPS) is 10.1. The highest BCUT2D eigenvalue weighted by molar-refractivity contribution is 5.97. The Labute approximate surface area is 114 Å². The first-order valence-electron chi connectivity index (χ1n) is 6.43. The Morgan fingerprint density at radius 1 is 1.21 bits per heavy atom. The third-order valence-electron chi connectivity index (χ3n) is 2.72. The minimum Gasteiger partial charge on any atom is -0.497 e. The highest BCUT2D eigenvalue weighted by atomic mass is 16.5. The smallest absolute Gasteiger partial charge is 0.255 e. The fourth-order valence-electron chi connectivity index (χ4n) is 1.68. The topological polar surface area (TPSA) is 59.6 Å². The fraction of sp³-hybridized carbons (Fsp3) is 0.500. The SMILES string of the molecule is CCNCCCNC(=O)c1cc(OC)ccc1OC. The van der Waals surface area contributed by atoms with Gasteiger partial charge in [-0.1, -0.05) is 6.92 Å². The van der Waals surface area contributed by atoms with Gasteiger partial charge in [0.25, 0.3) is 5.91 Å². The van der Waals surface area contributed by atoms with Crippen molar-refractivity contribution >= 4 is 5.91 Å². The molecule has 0 atom stereocenters. The number of benzene rings is 1. The van der Waals surface area contributed by atoms with E-state index in [1.54, 1.807) is 32.4 Å². The quantitative estimate of drug-likeness (QED) is 0.699. The van der Waals surface area contributed by atoms with Crippen LogP contribution in [-0.2, 0) is 0 Å². The summed E-state index contributed by atoms with van der Waals surface area (Å²) in [6.07, 6.45) is 0.895. The second-order valence-electron chi connectivity index (χ2n) is 4.03. The number of carbonyl (C=O) groups is 1. The van der Waals surface area contributed by atoms with Gasteiger partial charge in [-0.25, -0.2) is 0 Å². The van der Waals surface area contributed by atoms with E-state index >= 15 is 0 Å². The molecule has 1 aromatic carbocycles. The molecule has 0 aliphatic carbocycles. The maximum absolute atomic E-state index is 12.1. The molecule has 0 aliphatic rings. The maximum Gasteiger partial charge on any atom is 0.255 e. The Morgan fingerprint density at radius 2 is 2.00 bits per heavy atom. The zero-order valence-corrected chi connectivity index (χ0v) is 11.8. The van der Waals surface area contributed by atoms with Crippen molar-refractivity contribution in [1.29, 1.82) is 0 Å². The molecule has 0 saturated carbocycles. The van der Waals surface area contributed by atoms with Crippen molar-refractivity contribution in [1.82, 2.24) is 10.6 Å². The standard InChI is InChI=1S/C14H22N2O3/c1-4-15-8-5-9-16-14(17)12-10-11(18-2)6-7-13(12)19-3/h6-7,10,15H,4-5,8-9H2,1-3H3,(H,16,17). The first-order valence-corrected chi connectivity index (χ1v) is 6.43. The molecule has 0 bridgehead atoms. The van der Waals surface area contributed by atoms with Crippen molar-refractivity contribution in [2.75, 3.05) is 33.9 Å². The lowest BCUT2D eigenvalue weighted by Crippen LogP contribution is -2.27. The lowest BCUT2D eigenvalue weighted by molar-refractivity contribution is 0.0950. The highest BCUT2D eigenvalue weighted by Crippen LogP contribution is 2.23. The summed E-state index contributed by atoms with van der Waals surface area (Å²) in [5, 5.41) is 6.08. The number of ether oxygens (including phenoxy) is 2. The van der Waals surface area contributed by atoms with Crippen LogP contribution < -0.4 is 20.1 Å². The molecule has 0 spiro atoms. The number of methoxy groups -OCH3 is 2. The van der Waals surface area contributed by atoms with Gasteiger partial charge in [0, 0.05) is 6.54 Å². The summed E-state index contributed by atoms with van der Waals surface area (Å²) in [5.74, 6) is 1.04. The molecule has 19 heavy (non-hydrogen) atoms. The van der Waals surface area contributed by atoms with Crippen molar-refractivity contribution in [3.63, 3.8) is 0 Å². The summed E-state index contributed by atoms with van der Waals surface area (Å²) in [7, 11) is 3.11. The van der Waals surface area contributed by atoms with Gasteiger partial charge in [-0.05, 0) is 37.7 Å². The molecule has 0 aromatic heterocycles. The molecule has 1 aromatic rings. The number of hydrogen-bond donors (Lipinski definition) is 2. The third kappa shape index (κ3) is 4.79. The van der Waals surface area contributed by atoms with E-state index in [-0.39, 0.29) is 5.91 Å². The molecule has 1 rings (SSSR count). The molecule has 5 nitrogen and oxygen atoms in total. The average Bonchev–Trinajstić information content (AvgIpc) is 2.46. The third-order valence-corrected chi connectivity index (χ3v) is 2.72. The molecule has 0 radical (unpaired) electrons. The Bertz CT molecular complexity index is 408. The second-order valence-corrected chi connectivity index (χ2v) is 4.03. The van der Waals surface area contributed by atoms with Crippen LogP contribution in [0.5, 0.6) is 11.5 Å². The molecule has 0 aliphatic heterocycles. The average molecular weight is 266 g/mol. The summed E-state index contributed by atoms with van der Waals surface area (Å²) >= 11 is 0. The van der Waals surface area contributed by atoms with Crippen LogP contribution in [0.4, 0.5) is 0 Å². The molecule has 0 unspecified atom stereocenters. The van der Waals surface area contributed by atoms with E-state index in [9.17, 15) is 4.79 Å². The lowest BCUT2D eigenvalue weighted by atomic mass is 10.1. The van der Waals surface area contributed by atoms with Crippen molar-refractivity contribution in [2.45, 2.75) is 13.3 Å². The summed E-state index contributed by atoms with van der Waals surface area (Å²) in [6, 6.07) is 5.17. The molecule has 2 N–H and O–H groups in total. The Balaban J connectivity index is 2.59. The van der Waals surface area contributed by atoms with Crippen LogP contribution in [0, 0.1) is 0 Å². The molecule has 0 heterocycles. The summed E-state index contributed by atoms with van der Waals surface area (Å²) < 4.78 is 10.3. The summed E-state index contributed by atoms with van der Waals surface area (Å²) in [6.45, 7) is 4.52. The molecule has 5 heteroatoms. The van der Waals surface area contributed by atoms with Gasteiger partial charge >= 0.3 is 0 Å². The van der Waals surface area contributed by atoms with Gasteiger partial charge in [0.05, 0.1) is 19.8 Å². The Hall–Kier alpha value is -1.75. The van der Waals surface area contributed by atoms with Crippen LogP contribution in [0.2, 0.25) is 0 Å². The monoisotopic (exact) mass is 266 g/mol. The zero-order chi connectivity index (χ0) is 14.1. The van der Waals surface area contributed by atoms with Crippen LogP contribution in [0.25, 0.3) is 0 Å². The van der Waals surface area contributed by atoms with Gasteiger partial charge < -0.3 is 20.1 Å². The number of rotatable bonds is 8. The van der Waals surface area contributed by atoms with E-state index in [1.165, 1.54) is 0 Å². The van der Waals surface area contributed by atoms with Gasteiger partial charge in [0.1, 0.15) is 11.5 Å². The van der Waals surface area contributed by atoms with Crippen LogP contribution >= 0.6 is 0 Å². The van der Waals surface area contributed by atoms with E-state index in [1.807, 2.05) is 0 Å². The number of amides is 1. The van der Waals surface area contributed by atoms with E-state index in [4.69, 9.17) is 9.47 Å². The predicted molar refractivity (Wildman–Crippen MR) is 75.0 cm³/mol. The van der Waals surface area contributed by atoms with E-state index < -0.39 is 0 Å². The molecule has 0 fully saturated rings. The van der Waals surface area contributed by atoms with Gasteiger partial charge in [0.15, 0.2) is 0 Å². The molecular formula is C14H22N2O3. The van der Waals surface area contributed by atoms with Crippen LogP contribution in [0.3, 0.4) is 0 Å². The van der Waals surface area contributed by atoms with Gasteiger partial charge in [0.2, 0.25) is 0 Å². The van der Waals surface area contributed by atoms with Crippen LogP contribution in [-0.4, -0.2) is 39.8 Å². The molecule has 1 amide bonds. The fourth-order valence-corrected chi connectivity index (χ4v) is 1.68. The number of hydrogen-bond acceptors (Lipinski definition) is 4. The largest absolute Gasteiger partial charge is 0.497 e. The first-order chi connectivity index (χ1) is 9.22. The van der Waals surface area contributed by atoms with Gasteiger partial charge in [-0.3, -0.25) is 4.79 Å². The number of nitrogens with one attached hydrogen (secondary N) is 2. The zero-order valence-electron chi connectivity index (χ0n) is 11.8. The maximum atomic E-state index is 12.1. The Kier molecular flexibility index (Phi) is 6.74. The Morgan fingerprint density at radius 3 is 2.63 bits per heavy atom. The van der Waals surface area contributed by atoms with Gasteiger partial charge in [-0.15, -0.1) is 0 Å². The predicted octanol–water partition coefficient (Wildman–Crippen LogP) is 1.43. The number of carbonyl (C=O) groups excluding carboxylic acids is 1. The van der Waals surface area contributed by atoms with Crippen molar-refractivity contribution in [3.05, 3.63) is 23.8 Å². The molecule has 0 saturated heterocycles. The molecular weight excluding hydrogens is 244 g/mol. The van der Waals surface area contributed by atoms with E-state index in [0.29, 0.717) is 23.6 Å². The minimum atomic E-state index is -0.146. The van der Waals surface area contributed by atoms with Crippen LogP contribution in [0.1, 0.15) is 23.7 Å². The summed E-state index contributed by atoms with van der Waals surface area (Å²) in [5.41, 5.74) is 0.491. The summed E-state index contributed by atoms with van der Waals surface area (Å²) in [4.78, 5) is 12.1. The first kappa shape index (κ1) is 15.3. The minimum absolute atomic E-state index is 0.146. The van der Waals surface area contributed by atoms with Crippen molar-refractivity contribution in [2.24, 2.45) is 0 Å². The lowest BCUT2D eigenvalue weighted by Gasteiger charge is -2.11. The van der Waals surface area contributed by atoms with Crippen molar-refractivity contribution < 1.29 is 14.3 Å².